The van der Waals surface area contributed by atoms with Crippen molar-refractivity contribution in [3.05, 3.63) is 29.6 Å². The Labute approximate surface area is 107 Å². The van der Waals surface area contributed by atoms with E-state index in [9.17, 15) is 4.79 Å². The molecule has 100 valence electrons. The molecule has 0 bridgehead atoms. The van der Waals surface area contributed by atoms with Crippen molar-refractivity contribution in [3.8, 4) is 0 Å². The van der Waals surface area contributed by atoms with E-state index in [1.54, 1.807) is 18.3 Å². The Balaban J connectivity index is 2.60. The summed E-state index contributed by atoms with van der Waals surface area (Å²) in [5, 5.41) is 11.8. The van der Waals surface area contributed by atoms with E-state index in [0.717, 1.165) is 0 Å². The minimum atomic E-state index is -0.141. The van der Waals surface area contributed by atoms with Crippen molar-refractivity contribution >= 4 is 5.91 Å². The second kappa shape index (κ2) is 6.47. The average molecular weight is 251 g/mol. The number of nitrogens with zero attached hydrogens (tertiary/aromatic N) is 1. The summed E-state index contributed by atoms with van der Waals surface area (Å²) in [4.78, 5) is 16.0. The first-order valence-electron chi connectivity index (χ1n) is 6.02. The number of nitrogens with one attached hydrogen (secondary N) is 1. The maximum atomic E-state index is 11.9. The lowest BCUT2D eigenvalue weighted by atomic mass is 9.89. The SMILES string of the molecule is CC(C)(CCO)CNC(=O)c1ccnc(CN)c1. The molecule has 0 aliphatic rings. The molecule has 1 amide bonds. The van der Waals surface area contributed by atoms with Crippen LogP contribution in [0.3, 0.4) is 0 Å². The highest BCUT2D eigenvalue weighted by Crippen LogP contribution is 2.18. The van der Waals surface area contributed by atoms with Crippen LogP contribution in [0.15, 0.2) is 18.3 Å². The van der Waals surface area contributed by atoms with Crippen molar-refractivity contribution in [2.75, 3.05) is 13.2 Å². The molecule has 0 unspecified atom stereocenters. The summed E-state index contributed by atoms with van der Waals surface area (Å²) in [6.07, 6.45) is 2.23. The lowest BCUT2D eigenvalue weighted by molar-refractivity contribution is 0.0928. The van der Waals surface area contributed by atoms with Crippen molar-refractivity contribution in [2.45, 2.75) is 26.8 Å². The van der Waals surface area contributed by atoms with Crippen molar-refractivity contribution < 1.29 is 9.90 Å². The van der Waals surface area contributed by atoms with Gasteiger partial charge in [0.1, 0.15) is 0 Å². The van der Waals surface area contributed by atoms with Gasteiger partial charge in [0.05, 0.1) is 5.69 Å². The second-order valence-electron chi connectivity index (χ2n) is 5.06. The van der Waals surface area contributed by atoms with E-state index in [-0.39, 0.29) is 17.9 Å². The summed E-state index contributed by atoms with van der Waals surface area (Å²) in [5.74, 6) is -0.141. The number of carbonyl (C=O) groups excluding carboxylic acids is 1. The zero-order chi connectivity index (χ0) is 13.6. The number of rotatable bonds is 6. The van der Waals surface area contributed by atoms with E-state index >= 15 is 0 Å². The third kappa shape index (κ3) is 4.43. The zero-order valence-corrected chi connectivity index (χ0v) is 10.9. The van der Waals surface area contributed by atoms with Gasteiger partial charge in [-0.1, -0.05) is 13.8 Å². The van der Waals surface area contributed by atoms with Crippen LogP contribution in [0.4, 0.5) is 0 Å². The van der Waals surface area contributed by atoms with Crippen molar-refractivity contribution in [1.82, 2.24) is 10.3 Å². The van der Waals surface area contributed by atoms with Crippen LogP contribution in [0.5, 0.6) is 0 Å². The van der Waals surface area contributed by atoms with Gasteiger partial charge in [0.2, 0.25) is 0 Å². The molecule has 0 aliphatic heterocycles. The van der Waals surface area contributed by atoms with E-state index in [2.05, 4.69) is 10.3 Å². The van der Waals surface area contributed by atoms with E-state index in [4.69, 9.17) is 10.8 Å². The predicted molar refractivity (Wildman–Crippen MR) is 69.9 cm³/mol. The first kappa shape index (κ1) is 14.6. The molecule has 0 aliphatic carbocycles. The van der Waals surface area contributed by atoms with Gasteiger partial charge >= 0.3 is 0 Å². The van der Waals surface area contributed by atoms with Crippen LogP contribution in [-0.4, -0.2) is 29.1 Å². The Kier molecular flexibility index (Phi) is 5.25. The summed E-state index contributed by atoms with van der Waals surface area (Å²) < 4.78 is 0. The van der Waals surface area contributed by atoms with E-state index < -0.39 is 0 Å². The van der Waals surface area contributed by atoms with Gasteiger partial charge in [-0.15, -0.1) is 0 Å². The van der Waals surface area contributed by atoms with Crippen molar-refractivity contribution in [3.63, 3.8) is 0 Å². The van der Waals surface area contributed by atoms with Gasteiger partial charge in [0.15, 0.2) is 0 Å². The topological polar surface area (TPSA) is 88.2 Å². The predicted octanol–water partition coefficient (Wildman–Crippen LogP) is 0.679. The Morgan fingerprint density at radius 3 is 2.89 bits per heavy atom. The molecule has 1 aromatic heterocycles. The first-order valence-corrected chi connectivity index (χ1v) is 6.02. The molecule has 5 heteroatoms. The molecule has 1 rings (SSSR count). The molecule has 0 saturated heterocycles. The third-order valence-corrected chi connectivity index (χ3v) is 2.80. The van der Waals surface area contributed by atoms with Crippen LogP contribution >= 0.6 is 0 Å². The fraction of sp³-hybridized carbons (Fsp3) is 0.538. The Hall–Kier alpha value is -1.46. The van der Waals surface area contributed by atoms with Gasteiger partial charge < -0.3 is 16.2 Å². The summed E-state index contributed by atoms with van der Waals surface area (Å²) >= 11 is 0. The summed E-state index contributed by atoms with van der Waals surface area (Å²) in [5.41, 5.74) is 6.62. The molecular weight excluding hydrogens is 230 g/mol. The number of aromatic nitrogens is 1. The maximum absolute atomic E-state index is 11.9. The molecule has 4 N–H and O–H groups in total. The van der Waals surface area contributed by atoms with Gasteiger partial charge in [-0.3, -0.25) is 9.78 Å². The smallest absolute Gasteiger partial charge is 0.251 e. The standard InChI is InChI=1S/C13H21N3O2/c1-13(2,4-6-17)9-16-12(18)10-3-5-15-11(7-10)8-14/h3,5,7,17H,4,6,8-9,14H2,1-2H3,(H,16,18). The molecule has 18 heavy (non-hydrogen) atoms. The molecular formula is C13H21N3O2. The van der Waals surface area contributed by atoms with Gasteiger partial charge in [0.25, 0.3) is 5.91 Å². The van der Waals surface area contributed by atoms with Gasteiger partial charge in [-0.2, -0.15) is 0 Å². The molecule has 0 atom stereocenters. The third-order valence-electron chi connectivity index (χ3n) is 2.80. The van der Waals surface area contributed by atoms with Gasteiger partial charge in [0, 0.05) is 31.5 Å². The van der Waals surface area contributed by atoms with Crippen LogP contribution in [0.25, 0.3) is 0 Å². The fourth-order valence-corrected chi connectivity index (χ4v) is 1.54. The van der Waals surface area contributed by atoms with E-state index in [0.29, 0.717) is 30.8 Å². The lowest BCUT2D eigenvalue weighted by Crippen LogP contribution is -2.34. The summed E-state index contributed by atoms with van der Waals surface area (Å²) in [6.45, 7) is 4.96. The van der Waals surface area contributed by atoms with Gasteiger partial charge in [-0.05, 0) is 24.0 Å². The lowest BCUT2D eigenvalue weighted by Gasteiger charge is -2.23. The fourth-order valence-electron chi connectivity index (χ4n) is 1.54. The van der Waals surface area contributed by atoms with Crippen LogP contribution in [0.2, 0.25) is 0 Å². The van der Waals surface area contributed by atoms with E-state index in [1.165, 1.54) is 0 Å². The largest absolute Gasteiger partial charge is 0.396 e. The summed E-state index contributed by atoms with van der Waals surface area (Å²) in [6, 6.07) is 3.35. The number of nitrogens with two attached hydrogens (primary N) is 1. The Morgan fingerprint density at radius 2 is 2.28 bits per heavy atom. The quantitative estimate of drug-likeness (QED) is 0.693. The number of carbonyl (C=O) groups is 1. The van der Waals surface area contributed by atoms with Crippen LogP contribution in [0.1, 0.15) is 36.3 Å². The van der Waals surface area contributed by atoms with Crippen LogP contribution in [-0.2, 0) is 6.54 Å². The molecule has 0 radical (unpaired) electrons. The molecule has 1 aromatic rings. The molecule has 0 fully saturated rings. The molecule has 0 spiro atoms. The van der Waals surface area contributed by atoms with Crippen LogP contribution < -0.4 is 11.1 Å². The van der Waals surface area contributed by atoms with E-state index in [1.807, 2.05) is 13.8 Å². The average Bonchev–Trinajstić information content (AvgIpc) is 2.36. The monoisotopic (exact) mass is 251 g/mol. The highest BCUT2D eigenvalue weighted by Gasteiger charge is 2.18. The number of aliphatic hydroxyl groups is 1. The second-order valence-corrected chi connectivity index (χ2v) is 5.06. The zero-order valence-electron chi connectivity index (χ0n) is 10.9. The minimum Gasteiger partial charge on any atom is -0.396 e. The normalized spacial score (nSPS) is 11.3. The Bertz CT molecular complexity index is 405. The number of amides is 1. The maximum Gasteiger partial charge on any atom is 0.251 e. The number of pyridine rings is 1. The minimum absolute atomic E-state index is 0.117. The highest BCUT2D eigenvalue weighted by atomic mass is 16.3. The highest BCUT2D eigenvalue weighted by molar-refractivity contribution is 5.94. The number of aliphatic hydroxyl groups excluding tert-OH is 1. The Morgan fingerprint density at radius 1 is 1.56 bits per heavy atom. The van der Waals surface area contributed by atoms with Gasteiger partial charge in [-0.25, -0.2) is 0 Å². The number of hydrogen-bond acceptors (Lipinski definition) is 4. The van der Waals surface area contributed by atoms with Crippen LogP contribution in [0, 0.1) is 5.41 Å². The molecule has 1 heterocycles. The van der Waals surface area contributed by atoms with Crippen molar-refractivity contribution in [1.29, 1.82) is 0 Å². The first-order chi connectivity index (χ1) is 8.48. The summed E-state index contributed by atoms with van der Waals surface area (Å²) in [7, 11) is 0. The number of hydrogen-bond donors (Lipinski definition) is 3. The van der Waals surface area contributed by atoms with Crippen molar-refractivity contribution in [2.24, 2.45) is 11.1 Å². The molecule has 0 aromatic carbocycles. The molecule has 0 saturated carbocycles. The molecule has 5 nitrogen and oxygen atoms in total.